The number of aliphatic carboxylic acids is 1. The van der Waals surface area contributed by atoms with E-state index in [1.807, 2.05) is 139 Å². The maximum atomic E-state index is 11.2. The van der Waals surface area contributed by atoms with E-state index in [4.69, 9.17) is 5.11 Å². The van der Waals surface area contributed by atoms with Crippen LogP contribution in [0.25, 0.3) is 76.6 Å². The molecule has 1 radical (unpaired) electrons. The van der Waals surface area contributed by atoms with E-state index in [1.165, 1.54) is 53.1 Å². The first-order chi connectivity index (χ1) is 42.4. The third-order valence-corrected chi connectivity index (χ3v) is 10.6. The van der Waals surface area contributed by atoms with Gasteiger partial charge in [0, 0.05) is 121 Å². The van der Waals surface area contributed by atoms with E-state index >= 15 is 0 Å². The van der Waals surface area contributed by atoms with Crippen LogP contribution < -0.4 is 46.7 Å². The monoisotopic (exact) mass is 1260 g/mol. The van der Waals surface area contributed by atoms with Gasteiger partial charge in [0.25, 0.3) is 5.78 Å². The summed E-state index contributed by atoms with van der Waals surface area (Å²) in [6.07, 6.45) is 23.8. The van der Waals surface area contributed by atoms with Gasteiger partial charge in [-0.25, -0.2) is 24.7 Å². The van der Waals surface area contributed by atoms with Crippen LogP contribution in [0.15, 0.2) is 208 Å². The number of nitrogens with zero attached hydrogens (tertiary/aromatic N) is 6. The average Bonchev–Trinajstić information content (AvgIpc) is 2.90. The maximum absolute atomic E-state index is 11.2. The summed E-state index contributed by atoms with van der Waals surface area (Å²) in [6.45, 7) is 12.0. The van der Waals surface area contributed by atoms with Crippen molar-refractivity contribution in [2.45, 2.75) is 41.5 Å². The summed E-state index contributed by atoms with van der Waals surface area (Å²) in [5, 5.41) is 22.1. The molecule has 0 amide bonds. The van der Waals surface area contributed by atoms with Crippen LogP contribution in [-0.2, 0) is 42.3 Å². The number of H-pyrrole nitrogens is 7. The van der Waals surface area contributed by atoms with Crippen LogP contribution in [0.3, 0.4) is 0 Å². The molecule has 24 N–H and O–H groups in total. The van der Waals surface area contributed by atoms with E-state index in [0.717, 1.165) is 49.4 Å². The summed E-state index contributed by atoms with van der Waals surface area (Å²) >= 11 is 0. The molecule has 14 aromatic rings. The van der Waals surface area contributed by atoms with E-state index in [9.17, 15) is 19.2 Å². The number of aromatic nitrogens is 13. The smallest absolute Gasteiger partial charge is 0.377 e. The number of hydrogen-bond acceptors (Lipinski definition) is 18. The predicted octanol–water partition coefficient (Wildman–Crippen LogP) is 8.46. The van der Waals surface area contributed by atoms with Gasteiger partial charge in [-0.3, -0.25) is 51.5 Å². The van der Waals surface area contributed by atoms with Crippen molar-refractivity contribution in [3.63, 3.8) is 0 Å². The number of carbonyl (C=O) groups excluding carboxylic acids is 3. The Hall–Kier alpha value is -9.84. The minimum absolute atomic E-state index is 0. The molecule has 0 fully saturated rings. The van der Waals surface area contributed by atoms with Gasteiger partial charge >= 0.3 is 5.97 Å². The molecule has 14 rings (SSSR count). The molecule has 4 aromatic carbocycles. The topological polar surface area (TPSA) is 485 Å². The Balaban J connectivity index is 0.000000962. The number of hydrogen-bond donors (Lipinski definition) is 16. The molecule has 10 aromatic heterocycles. The number of Topliss-reactive ketones (excluding diaryl/α,β-unsaturated/α-hetero) is 2. The predicted molar refractivity (Wildman–Crippen MR) is 344 cm³/mol. The first-order valence-electron chi connectivity index (χ1n) is 26.3. The number of nitrogens with two attached hydrogens (primary N) is 8. The van der Waals surface area contributed by atoms with Crippen molar-refractivity contribution in [2.24, 2.45) is 46.7 Å². The Bertz CT molecular complexity index is 3480. The number of carbonyl (C=O) groups is 3. The molecular weight excluding hydrogens is 1180 g/mol. The van der Waals surface area contributed by atoms with Crippen molar-refractivity contribution in [1.29, 1.82) is 0 Å². The number of benzene rings is 4. The third-order valence-electron chi connectivity index (χ3n) is 10.6. The number of carboxylic acids is 1. The van der Waals surface area contributed by atoms with Gasteiger partial charge in [-0.2, -0.15) is 10.2 Å². The maximum Gasteiger partial charge on any atom is 0.377 e. The zero-order valence-electron chi connectivity index (χ0n) is 49.1. The summed E-state index contributed by atoms with van der Waals surface area (Å²) < 4.78 is 0. The van der Waals surface area contributed by atoms with Crippen molar-refractivity contribution in [3.05, 3.63) is 219 Å². The standard InChI is InChI=1S/C10H7NO3.C10H6NO2.2C8H7N.3C6H5N3.3C2H6.4H4N2.Y/c12-9(10(13)14)7-5-11-8-4-2-1-3-6(7)8;12-6-10(13)8-5-11-9-4-2-1-3-7(8)9;2*1-2-4-8-7(3-1)5-6-9-8;1-2-8-6-3-7-4-9-5(1)6;1-2-8-6-5(1)3-7-4-9-6;1-2-7-6-4-9-8-3-5(1)6;7*1-2;/h1-5,11H,(H,13,14);1-5,11H;2*1-6,9H;1-4,8H;1-4H,(H,7,8,9);1-4,7H;3*1-2H3;4*1-2H2;/q;-1;;;;;;;;;;;;;. The fourth-order valence-corrected chi connectivity index (χ4v) is 7.07. The van der Waals surface area contributed by atoms with Crippen molar-refractivity contribution in [2.75, 3.05) is 0 Å². The molecule has 27 heteroatoms. The second-order valence-corrected chi connectivity index (χ2v) is 15.1. The second-order valence-electron chi connectivity index (χ2n) is 15.1. The van der Waals surface area contributed by atoms with Crippen LogP contribution >= 0.6 is 0 Å². The number of aromatic amines is 7. The molecule has 0 atom stereocenters. The van der Waals surface area contributed by atoms with E-state index in [0.29, 0.717) is 10.9 Å². The van der Waals surface area contributed by atoms with Crippen LogP contribution in [-0.4, -0.2) is 93.9 Å². The molecule has 87 heavy (non-hydrogen) atoms. The Morgan fingerprint density at radius 1 is 0.414 bits per heavy atom. The molecule has 0 aliphatic carbocycles. The SMILES string of the molecule is CC.CC.CC.NN.NN.NN.NN.O=C(O)C(=O)c1c[nH]c2ccccc12.O=[C-]C(=O)c1c[nH]c2ccccc12.[Y].c1cc2cnncc2[nH]1.c1ccc2[nH]ccc2c1.c1ccc2[nH]ccc2c1.c1ncc2[nH]ccc2n1.c1ncc2cc[nH]c2n1. The minimum Gasteiger partial charge on any atom is -0.475 e. The van der Waals surface area contributed by atoms with E-state index in [-0.39, 0.29) is 38.3 Å². The molecule has 0 saturated heterocycles. The molecule has 10 heterocycles. The van der Waals surface area contributed by atoms with E-state index in [1.54, 1.807) is 49.1 Å². The second kappa shape index (κ2) is 47.5. The van der Waals surface area contributed by atoms with Gasteiger partial charge < -0.3 is 49.6 Å². The van der Waals surface area contributed by atoms with Crippen LogP contribution in [0.2, 0.25) is 0 Å². The average molecular weight is 1260 g/mol. The molecule has 0 saturated carbocycles. The normalized spacial score (nSPS) is 8.94. The Labute approximate surface area is 526 Å². The molecule has 0 aliphatic heterocycles. The zero-order chi connectivity index (χ0) is 63.9. The van der Waals surface area contributed by atoms with Gasteiger partial charge in [0.05, 0.1) is 46.5 Å². The summed E-state index contributed by atoms with van der Waals surface area (Å²) in [5.74, 6) is 29.1. The molecule has 26 nitrogen and oxygen atoms in total. The zero-order valence-corrected chi connectivity index (χ0v) is 51.9. The number of carboxylic acid groups (broad SMARTS) is 1. The Morgan fingerprint density at radius 2 is 0.828 bits per heavy atom. The molecular formula is C60H76N21O5Y-. The molecule has 0 spiro atoms. The number of ketones is 2. The molecule has 0 bridgehead atoms. The quantitative estimate of drug-likeness (QED) is 0.0258. The van der Waals surface area contributed by atoms with Gasteiger partial charge in [0.15, 0.2) is 0 Å². The summed E-state index contributed by atoms with van der Waals surface area (Å²) in [4.78, 5) is 79.5. The summed E-state index contributed by atoms with van der Waals surface area (Å²) in [7, 11) is 0. The van der Waals surface area contributed by atoms with Crippen molar-refractivity contribution >= 4 is 100 Å². The fraction of sp³-hybridized carbons (Fsp3) is 0.100. The molecule has 0 unspecified atom stereocenters. The number of hydrazine groups is 4. The minimum atomic E-state index is -1.44. The van der Waals surface area contributed by atoms with Gasteiger partial charge in [-0.05, 0) is 65.4 Å². The first-order valence-corrected chi connectivity index (χ1v) is 26.3. The summed E-state index contributed by atoms with van der Waals surface area (Å²) in [6, 6.07) is 40.8. The summed E-state index contributed by atoms with van der Waals surface area (Å²) in [5.41, 5.74) is 8.48. The van der Waals surface area contributed by atoms with Crippen LogP contribution in [0.5, 0.6) is 0 Å². The van der Waals surface area contributed by atoms with Crippen LogP contribution in [0.1, 0.15) is 62.3 Å². The van der Waals surface area contributed by atoms with Crippen molar-refractivity contribution < 1.29 is 57.0 Å². The molecule has 455 valence electrons. The van der Waals surface area contributed by atoms with E-state index < -0.39 is 17.5 Å². The Morgan fingerprint density at radius 3 is 1.33 bits per heavy atom. The van der Waals surface area contributed by atoms with Gasteiger partial charge in [-0.15, -0.1) is 5.56 Å². The number of para-hydroxylation sites is 4. The third kappa shape index (κ3) is 25.1. The molecule has 0 aliphatic rings. The van der Waals surface area contributed by atoms with Crippen LogP contribution in [0.4, 0.5) is 0 Å². The van der Waals surface area contributed by atoms with Gasteiger partial charge in [-0.1, -0.05) is 126 Å². The number of nitrogens with one attached hydrogen (secondary N) is 7. The van der Waals surface area contributed by atoms with Crippen molar-refractivity contribution in [1.82, 2.24) is 65.0 Å². The first kappa shape index (κ1) is 77.2. The van der Waals surface area contributed by atoms with Gasteiger partial charge in [0.1, 0.15) is 18.3 Å². The van der Waals surface area contributed by atoms with E-state index in [2.05, 4.69) is 148 Å². The van der Waals surface area contributed by atoms with Gasteiger partial charge in [0.2, 0.25) is 0 Å². The number of rotatable bonds is 4. The van der Waals surface area contributed by atoms with Crippen molar-refractivity contribution in [3.8, 4) is 0 Å². The fourth-order valence-electron chi connectivity index (χ4n) is 7.07. The largest absolute Gasteiger partial charge is 0.475 e. The van der Waals surface area contributed by atoms with Crippen LogP contribution in [0, 0.1) is 0 Å². The number of fused-ring (bicyclic) bond motifs is 7. The Kier molecular flexibility index (Phi) is 42.1.